The summed E-state index contributed by atoms with van der Waals surface area (Å²) in [5, 5.41) is 0.533. The Kier molecular flexibility index (Phi) is 2.15. The summed E-state index contributed by atoms with van der Waals surface area (Å²) >= 11 is 5.75. The second-order valence-corrected chi connectivity index (χ2v) is 3.23. The average Bonchev–Trinajstić information content (AvgIpc) is 2.61. The van der Waals surface area contributed by atoms with E-state index in [0.717, 1.165) is 5.71 Å². The molecule has 0 saturated carbocycles. The summed E-state index contributed by atoms with van der Waals surface area (Å²) in [6.45, 7) is 0. The highest BCUT2D eigenvalue weighted by atomic mass is 35.5. The van der Waals surface area contributed by atoms with Gasteiger partial charge in [-0.25, -0.2) is 4.39 Å². The van der Waals surface area contributed by atoms with E-state index in [9.17, 15) is 4.39 Å². The molecule has 0 atom stereocenters. The number of halogens is 2. The Morgan fingerprint density at radius 2 is 2.23 bits per heavy atom. The average molecular weight is 196 g/mol. The van der Waals surface area contributed by atoms with Gasteiger partial charge in [0.15, 0.2) is 0 Å². The van der Waals surface area contributed by atoms with E-state index in [-0.39, 0.29) is 5.82 Å². The molecule has 0 bridgehead atoms. The first-order valence-corrected chi connectivity index (χ1v) is 4.32. The zero-order valence-electron chi connectivity index (χ0n) is 6.80. The summed E-state index contributed by atoms with van der Waals surface area (Å²) in [6, 6.07) is 4.49. The molecule has 1 nitrogen and oxygen atoms in total. The lowest BCUT2D eigenvalue weighted by molar-refractivity contribution is 0.625. The van der Waals surface area contributed by atoms with Crippen molar-refractivity contribution in [3.8, 4) is 0 Å². The smallest absolute Gasteiger partial charge is 0.132 e. The van der Waals surface area contributed by atoms with Crippen molar-refractivity contribution >= 4 is 17.3 Å². The molecule has 0 aliphatic carbocycles. The van der Waals surface area contributed by atoms with Crippen molar-refractivity contribution < 1.29 is 4.39 Å². The summed E-state index contributed by atoms with van der Waals surface area (Å²) in [4.78, 5) is 4.05. The molecule has 2 rings (SSSR count). The van der Waals surface area contributed by atoms with Gasteiger partial charge in [-0.15, -0.1) is 0 Å². The molecule has 0 saturated heterocycles. The van der Waals surface area contributed by atoms with E-state index in [1.807, 2.05) is 6.08 Å². The molecule has 0 unspecified atom stereocenters. The molecular weight excluding hydrogens is 189 g/mol. The van der Waals surface area contributed by atoms with Crippen LogP contribution in [-0.2, 0) is 0 Å². The number of nitrogens with zero attached hydrogens (tertiary/aromatic N) is 1. The van der Waals surface area contributed by atoms with E-state index < -0.39 is 0 Å². The van der Waals surface area contributed by atoms with Gasteiger partial charge in [0.2, 0.25) is 0 Å². The fraction of sp³-hybridized carbons (Fsp3) is 0.100. The zero-order valence-corrected chi connectivity index (χ0v) is 7.55. The maximum Gasteiger partial charge on any atom is 0.132 e. The maximum atomic E-state index is 13.3. The predicted octanol–water partition coefficient (Wildman–Crippen LogP) is 3.19. The van der Waals surface area contributed by atoms with Gasteiger partial charge >= 0.3 is 0 Å². The Morgan fingerprint density at radius 3 is 2.92 bits per heavy atom. The van der Waals surface area contributed by atoms with Crippen molar-refractivity contribution in [3.05, 3.63) is 46.9 Å². The number of aliphatic imine (C=N–C) groups is 1. The molecule has 0 fully saturated rings. The van der Waals surface area contributed by atoms with E-state index >= 15 is 0 Å². The topological polar surface area (TPSA) is 12.4 Å². The molecule has 1 heterocycles. The van der Waals surface area contributed by atoms with Gasteiger partial charge in [0, 0.05) is 23.2 Å². The maximum absolute atomic E-state index is 13.3. The van der Waals surface area contributed by atoms with Crippen LogP contribution in [0.15, 0.2) is 35.5 Å². The molecule has 1 aliphatic heterocycles. The minimum absolute atomic E-state index is 0.271. The number of rotatable bonds is 1. The van der Waals surface area contributed by atoms with Crippen LogP contribution in [0.5, 0.6) is 0 Å². The lowest BCUT2D eigenvalue weighted by atomic mass is 10.1. The highest BCUT2D eigenvalue weighted by Crippen LogP contribution is 2.19. The third-order valence-electron chi connectivity index (χ3n) is 1.89. The second-order valence-electron chi connectivity index (χ2n) is 2.79. The van der Waals surface area contributed by atoms with Crippen LogP contribution in [0.2, 0.25) is 5.02 Å². The van der Waals surface area contributed by atoms with Crippen LogP contribution in [0, 0.1) is 5.82 Å². The van der Waals surface area contributed by atoms with E-state index in [2.05, 4.69) is 4.99 Å². The molecule has 1 aliphatic rings. The quantitative estimate of drug-likeness (QED) is 0.653. The molecule has 0 radical (unpaired) electrons. The monoisotopic (exact) mass is 195 g/mol. The van der Waals surface area contributed by atoms with Crippen molar-refractivity contribution in [2.45, 2.75) is 6.42 Å². The van der Waals surface area contributed by atoms with Gasteiger partial charge in [0.05, 0.1) is 5.71 Å². The standard InChI is InChI=1S/C10H7ClFN/c11-7-3-4-9(12)8(6-7)10-2-1-5-13-10/h1,3-6H,2H2. The molecule has 13 heavy (non-hydrogen) atoms. The summed E-state index contributed by atoms with van der Waals surface area (Å²) in [7, 11) is 0. The Bertz CT molecular complexity index is 396. The Hall–Kier alpha value is -1.15. The molecule has 0 spiro atoms. The van der Waals surface area contributed by atoms with Crippen LogP contribution >= 0.6 is 11.6 Å². The molecule has 3 heteroatoms. The number of benzene rings is 1. The third-order valence-corrected chi connectivity index (χ3v) is 2.12. The molecule has 0 N–H and O–H groups in total. The SMILES string of the molecule is Fc1ccc(Cl)cc1C1=NC=CC1. The highest BCUT2D eigenvalue weighted by Gasteiger charge is 2.10. The van der Waals surface area contributed by atoms with Crippen LogP contribution in [0.3, 0.4) is 0 Å². The van der Waals surface area contributed by atoms with Crippen LogP contribution < -0.4 is 0 Å². The Morgan fingerprint density at radius 1 is 1.38 bits per heavy atom. The number of hydrogen-bond acceptors (Lipinski definition) is 1. The minimum Gasteiger partial charge on any atom is -0.261 e. The van der Waals surface area contributed by atoms with Crippen molar-refractivity contribution in [1.82, 2.24) is 0 Å². The Labute approximate surface area is 80.6 Å². The van der Waals surface area contributed by atoms with E-state index in [1.165, 1.54) is 12.1 Å². The Balaban J connectivity index is 2.45. The molecule has 1 aromatic carbocycles. The largest absolute Gasteiger partial charge is 0.261 e. The van der Waals surface area contributed by atoms with Crippen LogP contribution in [-0.4, -0.2) is 5.71 Å². The lowest BCUT2D eigenvalue weighted by Crippen LogP contribution is -1.99. The fourth-order valence-electron chi connectivity index (χ4n) is 1.26. The van der Waals surface area contributed by atoms with Crippen LogP contribution in [0.1, 0.15) is 12.0 Å². The lowest BCUT2D eigenvalue weighted by Gasteiger charge is -2.02. The summed E-state index contributed by atoms with van der Waals surface area (Å²) < 4.78 is 13.3. The van der Waals surface area contributed by atoms with Gasteiger partial charge in [-0.3, -0.25) is 4.99 Å². The molecule has 0 aromatic heterocycles. The van der Waals surface area contributed by atoms with Gasteiger partial charge in [0.25, 0.3) is 0 Å². The van der Waals surface area contributed by atoms with Crippen LogP contribution in [0.25, 0.3) is 0 Å². The van der Waals surface area contributed by atoms with Crippen molar-refractivity contribution in [3.63, 3.8) is 0 Å². The zero-order chi connectivity index (χ0) is 9.26. The van der Waals surface area contributed by atoms with Crippen molar-refractivity contribution in [1.29, 1.82) is 0 Å². The first-order valence-electron chi connectivity index (χ1n) is 3.94. The summed E-state index contributed by atoms with van der Waals surface area (Å²) in [5.41, 5.74) is 1.23. The first-order chi connectivity index (χ1) is 6.27. The van der Waals surface area contributed by atoms with Gasteiger partial charge in [0.1, 0.15) is 5.82 Å². The molecule has 1 aromatic rings. The van der Waals surface area contributed by atoms with E-state index in [0.29, 0.717) is 17.0 Å². The van der Waals surface area contributed by atoms with Gasteiger partial charge in [-0.2, -0.15) is 0 Å². The predicted molar refractivity (Wildman–Crippen MR) is 51.7 cm³/mol. The molecule has 66 valence electrons. The number of allylic oxidation sites excluding steroid dienone is 1. The van der Waals surface area contributed by atoms with Gasteiger partial charge in [-0.05, 0) is 18.2 Å². The molecule has 0 amide bonds. The third kappa shape index (κ3) is 1.63. The summed E-state index contributed by atoms with van der Waals surface area (Å²) in [5.74, 6) is -0.271. The molecular formula is C10H7ClFN. The van der Waals surface area contributed by atoms with E-state index in [4.69, 9.17) is 11.6 Å². The minimum atomic E-state index is -0.271. The summed E-state index contributed by atoms with van der Waals surface area (Å²) in [6.07, 6.45) is 4.24. The van der Waals surface area contributed by atoms with Gasteiger partial charge in [-0.1, -0.05) is 17.7 Å². The van der Waals surface area contributed by atoms with Crippen molar-refractivity contribution in [2.75, 3.05) is 0 Å². The fourth-order valence-corrected chi connectivity index (χ4v) is 1.43. The highest BCUT2D eigenvalue weighted by molar-refractivity contribution is 6.31. The normalized spacial score (nSPS) is 14.8. The van der Waals surface area contributed by atoms with Crippen LogP contribution in [0.4, 0.5) is 4.39 Å². The van der Waals surface area contributed by atoms with Gasteiger partial charge < -0.3 is 0 Å². The van der Waals surface area contributed by atoms with E-state index in [1.54, 1.807) is 12.3 Å². The first kappa shape index (κ1) is 8.45. The number of hydrogen-bond donors (Lipinski definition) is 0. The second kappa shape index (κ2) is 3.30. The van der Waals surface area contributed by atoms with Crippen molar-refractivity contribution in [2.24, 2.45) is 4.99 Å².